The van der Waals surface area contributed by atoms with Gasteiger partial charge in [0.05, 0.1) is 56.2 Å². The lowest BCUT2D eigenvalue weighted by Gasteiger charge is -2.30. The van der Waals surface area contributed by atoms with Gasteiger partial charge in [-0.15, -0.1) is 0 Å². The van der Waals surface area contributed by atoms with Gasteiger partial charge in [-0.1, -0.05) is 72.8 Å². The predicted octanol–water partition coefficient (Wildman–Crippen LogP) is 8.46. The van der Waals surface area contributed by atoms with Gasteiger partial charge in [-0.2, -0.15) is 0 Å². The molecule has 0 bridgehead atoms. The zero-order valence-corrected chi connectivity index (χ0v) is 36.2. The summed E-state index contributed by atoms with van der Waals surface area (Å²) >= 11 is 0. The van der Waals surface area contributed by atoms with Crippen LogP contribution in [0.4, 0.5) is 11.4 Å². The number of allylic oxidation sites excluding steroid dienone is 6. The summed E-state index contributed by atoms with van der Waals surface area (Å²) in [5, 5.41) is 38.2. The number of rotatable bonds is 14. The average molecular weight is 863 g/mol. The number of dihydropyridines is 2. The van der Waals surface area contributed by atoms with Crippen LogP contribution in [0.1, 0.15) is 83.9 Å². The Labute approximate surface area is 364 Å². The van der Waals surface area contributed by atoms with Gasteiger partial charge in [0, 0.05) is 47.1 Å². The lowest BCUT2D eigenvalue weighted by atomic mass is 9.80. The number of carbonyl (C=O) groups excluding carboxylic acids is 3. The van der Waals surface area contributed by atoms with E-state index in [9.17, 15) is 44.5 Å². The van der Waals surface area contributed by atoms with Crippen LogP contribution in [0.2, 0.25) is 0 Å². The highest BCUT2D eigenvalue weighted by molar-refractivity contribution is 6.00. The van der Waals surface area contributed by atoms with E-state index in [4.69, 9.17) is 14.2 Å². The molecule has 16 nitrogen and oxygen atoms in total. The second-order valence-corrected chi connectivity index (χ2v) is 15.0. The van der Waals surface area contributed by atoms with Crippen molar-refractivity contribution in [3.63, 3.8) is 0 Å². The van der Waals surface area contributed by atoms with Gasteiger partial charge in [-0.25, -0.2) is 19.2 Å². The molecule has 5 rings (SSSR count). The summed E-state index contributed by atoms with van der Waals surface area (Å²) in [5.74, 6) is -5.00. The number of aliphatic carboxylic acids is 1. The third-order valence-electron chi connectivity index (χ3n) is 9.57. The number of nitrogens with one attached hydrogen (secondary N) is 2. The zero-order chi connectivity index (χ0) is 46.5. The maximum Gasteiger partial charge on any atom is 0.337 e. The normalized spacial score (nSPS) is 16.4. The van der Waals surface area contributed by atoms with Crippen LogP contribution in [0, 0.1) is 20.2 Å². The third-order valence-corrected chi connectivity index (χ3v) is 9.57. The molecular formula is C47H50N4O12. The van der Waals surface area contributed by atoms with Crippen LogP contribution in [0.15, 0.2) is 142 Å². The van der Waals surface area contributed by atoms with E-state index in [0.29, 0.717) is 33.9 Å². The first kappa shape index (κ1) is 48.1. The fourth-order valence-corrected chi connectivity index (χ4v) is 7.01. The number of non-ortho nitro benzene ring substituents is 2. The first-order valence-corrected chi connectivity index (χ1v) is 19.9. The van der Waals surface area contributed by atoms with Crippen molar-refractivity contribution in [2.75, 3.05) is 6.61 Å². The molecule has 0 saturated carbocycles. The number of esters is 3. The van der Waals surface area contributed by atoms with E-state index >= 15 is 0 Å². The monoisotopic (exact) mass is 862 g/mol. The Morgan fingerprint density at radius 2 is 1.06 bits per heavy atom. The van der Waals surface area contributed by atoms with Gasteiger partial charge in [0.2, 0.25) is 0 Å². The van der Waals surface area contributed by atoms with Gasteiger partial charge in [-0.3, -0.25) is 20.2 Å². The van der Waals surface area contributed by atoms with E-state index in [1.807, 2.05) is 42.5 Å². The molecule has 0 amide bonds. The highest BCUT2D eigenvalue weighted by Crippen LogP contribution is 2.41. The highest BCUT2D eigenvalue weighted by Gasteiger charge is 2.40. The molecule has 16 heteroatoms. The van der Waals surface area contributed by atoms with Crippen LogP contribution < -0.4 is 10.6 Å². The molecule has 63 heavy (non-hydrogen) atoms. The molecule has 0 aromatic heterocycles. The van der Waals surface area contributed by atoms with Gasteiger partial charge in [0.15, 0.2) is 0 Å². The third kappa shape index (κ3) is 12.5. The van der Waals surface area contributed by atoms with Crippen molar-refractivity contribution in [1.29, 1.82) is 0 Å². The fraction of sp³-hybridized carbons (Fsp3) is 0.277. The highest BCUT2D eigenvalue weighted by atomic mass is 16.6. The number of nitro benzene ring substituents is 2. The number of carboxylic acid groups (broad SMARTS) is 1. The Bertz CT molecular complexity index is 2460. The van der Waals surface area contributed by atoms with Crippen molar-refractivity contribution < 1.29 is 48.3 Å². The van der Waals surface area contributed by atoms with Crippen molar-refractivity contribution in [3.8, 4) is 0 Å². The van der Waals surface area contributed by atoms with E-state index in [-0.39, 0.29) is 40.3 Å². The number of benzene rings is 3. The van der Waals surface area contributed by atoms with Crippen LogP contribution >= 0.6 is 0 Å². The van der Waals surface area contributed by atoms with Gasteiger partial charge in [0.25, 0.3) is 11.4 Å². The molecule has 2 atom stereocenters. The molecule has 0 aliphatic carbocycles. The molecule has 3 aromatic carbocycles. The second-order valence-electron chi connectivity index (χ2n) is 15.0. The minimum Gasteiger partial charge on any atom is -0.478 e. The van der Waals surface area contributed by atoms with E-state index < -0.39 is 57.8 Å². The standard InChI is InChI=1S/C29H30N2O6.C18H20N2O6/c1-19(2)37-29(33)26-21(4)30-20(3)25(27(26)23-15-11-16-24(18-23)31(34)35)28(32)36-17-10-6-9-14-22-12-7-5-8-13-22;1-9(2)26-18(23)15-11(4)19-10(3)14(17(21)22)16(15)12-6-5-7-13(8-12)20(24)25/h5-16,18-19,27,30H,17H2,1-4H3;5-9,16,19H,1-4H3,(H,21,22)/b10-6+,14-9+;. The van der Waals surface area contributed by atoms with Gasteiger partial charge in [-0.05, 0) is 78.2 Å². The fourth-order valence-electron chi connectivity index (χ4n) is 7.01. The molecule has 2 aliphatic heterocycles. The maximum absolute atomic E-state index is 13.3. The van der Waals surface area contributed by atoms with E-state index in [1.54, 1.807) is 79.7 Å². The Morgan fingerprint density at radius 1 is 0.635 bits per heavy atom. The molecule has 0 spiro atoms. The Morgan fingerprint density at radius 3 is 1.49 bits per heavy atom. The first-order chi connectivity index (χ1) is 29.8. The molecule has 2 aliphatic rings. The molecule has 0 radical (unpaired) electrons. The van der Waals surface area contributed by atoms with E-state index in [2.05, 4.69) is 10.6 Å². The summed E-state index contributed by atoms with van der Waals surface area (Å²) in [7, 11) is 0. The van der Waals surface area contributed by atoms with Crippen molar-refractivity contribution in [2.24, 2.45) is 0 Å². The number of hydrogen-bond donors (Lipinski definition) is 3. The smallest absolute Gasteiger partial charge is 0.337 e. The number of carboxylic acids is 1. The van der Waals surface area contributed by atoms with Gasteiger partial charge >= 0.3 is 23.9 Å². The molecule has 0 fully saturated rings. The van der Waals surface area contributed by atoms with Crippen LogP contribution in [0.25, 0.3) is 6.08 Å². The Hall–Kier alpha value is -7.62. The maximum atomic E-state index is 13.3. The summed E-state index contributed by atoms with van der Waals surface area (Å²) in [6, 6.07) is 21.3. The quantitative estimate of drug-likeness (QED) is 0.0454. The summed E-state index contributed by atoms with van der Waals surface area (Å²) in [6.45, 7) is 13.5. The van der Waals surface area contributed by atoms with Crippen molar-refractivity contribution >= 4 is 41.3 Å². The topological polar surface area (TPSA) is 227 Å². The summed E-state index contributed by atoms with van der Waals surface area (Å²) in [4.78, 5) is 72.3. The Balaban J connectivity index is 0.000000294. The number of nitro groups is 2. The largest absolute Gasteiger partial charge is 0.478 e. The van der Waals surface area contributed by atoms with Crippen molar-refractivity contribution in [2.45, 2.75) is 79.4 Å². The number of ether oxygens (including phenoxy) is 3. The SMILES string of the molecule is CC1=C(C(=O)O)C(c2cccc([N+](=O)[O-])c2)C(C(=O)OC(C)C)=C(C)N1.CC1=C(C(=O)OC/C=C/C=C/c2ccccc2)C(c2cccc([N+](=O)[O-])c2)C(C(=O)OC(C)C)=C(C)N1. The molecule has 0 saturated heterocycles. The van der Waals surface area contributed by atoms with Crippen molar-refractivity contribution in [3.05, 3.63) is 179 Å². The van der Waals surface area contributed by atoms with Gasteiger partial charge in [0.1, 0.15) is 6.61 Å². The summed E-state index contributed by atoms with van der Waals surface area (Å²) in [5.41, 5.74) is 3.75. The lowest BCUT2D eigenvalue weighted by Crippen LogP contribution is -2.33. The number of hydrogen-bond acceptors (Lipinski definition) is 13. The minimum atomic E-state index is -1.21. The molecule has 3 N–H and O–H groups in total. The predicted molar refractivity (Wildman–Crippen MR) is 234 cm³/mol. The van der Waals surface area contributed by atoms with E-state index in [0.717, 1.165) is 5.56 Å². The molecular weight excluding hydrogens is 813 g/mol. The molecule has 330 valence electrons. The van der Waals surface area contributed by atoms with Crippen molar-refractivity contribution in [1.82, 2.24) is 10.6 Å². The van der Waals surface area contributed by atoms with Gasteiger partial charge < -0.3 is 30.0 Å². The first-order valence-electron chi connectivity index (χ1n) is 19.9. The molecule has 2 heterocycles. The number of carbonyl (C=O) groups is 4. The summed E-state index contributed by atoms with van der Waals surface area (Å²) < 4.78 is 16.2. The van der Waals surface area contributed by atoms with Crippen LogP contribution in [0.3, 0.4) is 0 Å². The van der Waals surface area contributed by atoms with Crippen LogP contribution in [0.5, 0.6) is 0 Å². The minimum absolute atomic E-state index is 0.00483. The molecule has 2 unspecified atom stereocenters. The summed E-state index contributed by atoms with van der Waals surface area (Å²) in [6.07, 6.45) is 6.45. The molecule has 3 aromatic rings. The van der Waals surface area contributed by atoms with E-state index in [1.165, 1.54) is 36.4 Å². The number of nitrogens with zero attached hydrogens (tertiary/aromatic N) is 2. The average Bonchev–Trinajstić information content (AvgIpc) is 3.21. The van der Waals surface area contributed by atoms with Crippen LogP contribution in [-0.2, 0) is 33.4 Å². The van der Waals surface area contributed by atoms with Crippen LogP contribution in [-0.4, -0.2) is 57.6 Å². The second kappa shape index (κ2) is 21.8. The lowest BCUT2D eigenvalue weighted by molar-refractivity contribution is -0.385. The zero-order valence-electron chi connectivity index (χ0n) is 36.2. The Kier molecular flexibility index (Phi) is 16.6.